The van der Waals surface area contributed by atoms with Crippen molar-refractivity contribution >= 4 is 23.4 Å². The molecule has 0 fully saturated rings. The third-order valence-corrected chi connectivity index (χ3v) is 4.83. The molecule has 2 aromatic carbocycles. The van der Waals surface area contributed by atoms with Gasteiger partial charge in [0.05, 0.1) is 12.8 Å². The van der Waals surface area contributed by atoms with E-state index >= 15 is 0 Å². The van der Waals surface area contributed by atoms with Crippen molar-refractivity contribution in [2.45, 2.75) is 32.5 Å². The minimum atomic E-state index is -0.755. The molecule has 0 aliphatic heterocycles. The molecule has 0 saturated heterocycles. The van der Waals surface area contributed by atoms with Gasteiger partial charge in [-0.05, 0) is 35.4 Å². The molecular formula is C23H23ClN2O3. The van der Waals surface area contributed by atoms with Crippen molar-refractivity contribution < 1.29 is 14.0 Å². The Bertz CT molecular complexity index is 925. The molecular weight excluding hydrogens is 388 g/mol. The summed E-state index contributed by atoms with van der Waals surface area (Å²) in [4.78, 5) is 27.6. The highest BCUT2D eigenvalue weighted by Gasteiger charge is 2.30. The minimum absolute atomic E-state index is 0.109. The third kappa shape index (κ3) is 5.48. The van der Waals surface area contributed by atoms with Gasteiger partial charge in [-0.2, -0.15) is 0 Å². The predicted octanol–water partition coefficient (Wildman–Crippen LogP) is 4.73. The molecule has 6 heteroatoms. The van der Waals surface area contributed by atoms with E-state index in [4.69, 9.17) is 16.0 Å². The Morgan fingerprint density at radius 1 is 1.03 bits per heavy atom. The van der Waals surface area contributed by atoms with Crippen LogP contribution < -0.4 is 5.32 Å². The topological polar surface area (TPSA) is 62.6 Å². The Labute approximate surface area is 175 Å². The molecule has 1 atom stereocenters. The van der Waals surface area contributed by atoms with Crippen LogP contribution in [0.2, 0.25) is 5.02 Å². The highest BCUT2D eigenvalue weighted by molar-refractivity contribution is 6.30. The van der Waals surface area contributed by atoms with E-state index in [1.807, 2.05) is 42.5 Å². The number of carbonyl (C=O) groups excluding carboxylic acids is 2. The number of nitrogens with zero attached hydrogens (tertiary/aromatic N) is 1. The summed E-state index contributed by atoms with van der Waals surface area (Å²) in [5.41, 5.74) is 1.65. The van der Waals surface area contributed by atoms with Crippen molar-refractivity contribution in [1.29, 1.82) is 0 Å². The van der Waals surface area contributed by atoms with E-state index in [1.54, 1.807) is 42.4 Å². The number of carbonyl (C=O) groups is 2. The zero-order valence-corrected chi connectivity index (χ0v) is 16.9. The Balaban J connectivity index is 1.90. The van der Waals surface area contributed by atoms with Crippen LogP contribution in [0.4, 0.5) is 0 Å². The average molecular weight is 411 g/mol. The first-order valence-electron chi connectivity index (χ1n) is 9.47. The fourth-order valence-corrected chi connectivity index (χ4v) is 3.23. The third-order valence-electron chi connectivity index (χ3n) is 4.58. The lowest BCUT2D eigenvalue weighted by Gasteiger charge is -2.31. The number of rotatable bonds is 8. The normalized spacial score (nSPS) is 11.7. The second-order valence-electron chi connectivity index (χ2n) is 6.61. The molecule has 29 heavy (non-hydrogen) atoms. The number of nitrogens with one attached hydrogen (secondary N) is 1. The van der Waals surface area contributed by atoms with Gasteiger partial charge in [0, 0.05) is 18.0 Å². The van der Waals surface area contributed by atoms with E-state index in [9.17, 15) is 9.59 Å². The average Bonchev–Trinajstić information content (AvgIpc) is 3.27. The standard InChI is InChI=1S/C23H23ClN2O3/c1-2-21(27)26(16-17-10-12-19(24)13-11-17)22(18-7-4-3-5-8-18)23(28)25-15-20-9-6-14-29-20/h3-14,22H,2,15-16H2,1H3,(H,25,28)/t22-/m1/s1. The monoisotopic (exact) mass is 410 g/mol. The van der Waals surface area contributed by atoms with Crippen molar-refractivity contribution in [3.8, 4) is 0 Å². The summed E-state index contributed by atoms with van der Waals surface area (Å²) < 4.78 is 5.30. The smallest absolute Gasteiger partial charge is 0.247 e. The highest BCUT2D eigenvalue weighted by atomic mass is 35.5. The van der Waals surface area contributed by atoms with Crippen LogP contribution >= 0.6 is 11.6 Å². The number of amides is 2. The summed E-state index contributed by atoms with van der Waals surface area (Å²) in [7, 11) is 0. The van der Waals surface area contributed by atoms with E-state index in [2.05, 4.69) is 5.32 Å². The van der Waals surface area contributed by atoms with Crippen LogP contribution in [0.5, 0.6) is 0 Å². The van der Waals surface area contributed by atoms with Gasteiger partial charge in [0.25, 0.3) is 0 Å². The molecule has 3 rings (SSSR count). The fourth-order valence-electron chi connectivity index (χ4n) is 3.11. The number of furan rings is 1. The molecule has 2 amide bonds. The molecule has 0 radical (unpaired) electrons. The van der Waals surface area contributed by atoms with E-state index in [0.29, 0.717) is 23.7 Å². The summed E-state index contributed by atoms with van der Waals surface area (Å²) in [6.45, 7) is 2.35. The molecule has 1 aromatic heterocycles. The van der Waals surface area contributed by atoms with Gasteiger partial charge in [0.1, 0.15) is 11.8 Å². The van der Waals surface area contributed by atoms with Crippen LogP contribution in [-0.2, 0) is 22.7 Å². The summed E-state index contributed by atoms with van der Waals surface area (Å²) in [6.07, 6.45) is 1.85. The van der Waals surface area contributed by atoms with Crippen LogP contribution in [-0.4, -0.2) is 16.7 Å². The van der Waals surface area contributed by atoms with Gasteiger partial charge in [0.15, 0.2) is 0 Å². The van der Waals surface area contributed by atoms with Crippen molar-refractivity contribution in [1.82, 2.24) is 10.2 Å². The Hall–Kier alpha value is -3.05. The van der Waals surface area contributed by atoms with Crippen LogP contribution in [0.15, 0.2) is 77.4 Å². The lowest BCUT2D eigenvalue weighted by atomic mass is 10.0. The molecule has 0 unspecified atom stereocenters. The lowest BCUT2D eigenvalue weighted by Crippen LogP contribution is -2.43. The molecule has 3 aromatic rings. The van der Waals surface area contributed by atoms with Gasteiger partial charge in [-0.15, -0.1) is 0 Å². The van der Waals surface area contributed by atoms with Crippen molar-refractivity contribution in [2.75, 3.05) is 0 Å². The fraction of sp³-hybridized carbons (Fsp3) is 0.217. The molecule has 1 N–H and O–H groups in total. The maximum absolute atomic E-state index is 13.2. The van der Waals surface area contributed by atoms with Crippen LogP contribution in [0.25, 0.3) is 0 Å². The highest BCUT2D eigenvalue weighted by Crippen LogP contribution is 2.25. The van der Waals surface area contributed by atoms with Crippen LogP contribution in [0.3, 0.4) is 0 Å². The van der Waals surface area contributed by atoms with E-state index < -0.39 is 6.04 Å². The molecule has 0 spiro atoms. The van der Waals surface area contributed by atoms with Crippen LogP contribution in [0.1, 0.15) is 36.3 Å². The van der Waals surface area contributed by atoms with Crippen LogP contribution in [0, 0.1) is 0 Å². The van der Waals surface area contributed by atoms with E-state index in [1.165, 1.54) is 0 Å². The summed E-state index contributed by atoms with van der Waals surface area (Å²) in [6, 6.07) is 19.4. The zero-order valence-electron chi connectivity index (χ0n) is 16.2. The summed E-state index contributed by atoms with van der Waals surface area (Å²) in [5.74, 6) is 0.279. The maximum Gasteiger partial charge on any atom is 0.247 e. The first-order chi connectivity index (χ1) is 14.1. The molecule has 0 aliphatic carbocycles. The van der Waals surface area contributed by atoms with Gasteiger partial charge in [-0.25, -0.2) is 0 Å². The maximum atomic E-state index is 13.2. The Kier molecular flexibility index (Phi) is 7.09. The van der Waals surface area contributed by atoms with E-state index in [-0.39, 0.29) is 18.4 Å². The minimum Gasteiger partial charge on any atom is -0.467 e. The molecule has 0 bridgehead atoms. The first-order valence-corrected chi connectivity index (χ1v) is 9.85. The molecule has 1 heterocycles. The summed E-state index contributed by atoms with van der Waals surface area (Å²) >= 11 is 5.98. The predicted molar refractivity (Wildman–Crippen MR) is 112 cm³/mol. The number of hydrogen-bond donors (Lipinski definition) is 1. The number of benzene rings is 2. The second kappa shape index (κ2) is 9.94. The SMILES string of the molecule is CCC(=O)N(Cc1ccc(Cl)cc1)[C@@H](C(=O)NCc1ccco1)c1ccccc1. The van der Waals surface area contributed by atoms with Gasteiger partial charge in [-0.1, -0.05) is 61.0 Å². The molecule has 0 saturated carbocycles. The first kappa shape index (κ1) is 20.7. The van der Waals surface area contributed by atoms with Gasteiger partial charge < -0.3 is 14.6 Å². The Morgan fingerprint density at radius 3 is 2.38 bits per heavy atom. The Morgan fingerprint density at radius 2 is 1.76 bits per heavy atom. The van der Waals surface area contributed by atoms with E-state index in [0.717, 1.165) is 11.1 Å². The van der Waals surface area contributed by atoms with Gasteiger partial charge in [-0.3, -0.25) is 9.59 Å². The van der Waals surface area contributed by atoms with Crippen molar-refractivity contribution in [2.24, 2.45) is 0 Å². The lowest BCUT2D eigenvalue weighted by molar-refractivity contribution is -0.141. The molecule has 0 aliphatic rings. The van der Waals surface area contributed by atoms with Crippen molar-refractivity contribution in [3.63, 3.8) is 0 Å². The van der Waals surface area contributed by atoms with Crippen molar-refractivity contribution in [3.05, 3.63) is 94.9 Å². The largest absolute Gasteiger partial charge is 0.467 e. The zero-order chi connectivity index (χ0) is 20.6. The molecule has 5 nitrogen and oxygen atoms in total. The van der Waals surface area contributed by atoms with Gasteiger partial charge >= 0.3 is 0 Å². The van der Waals surface area contributed by atoms with Gasteiger partial charge in [0.2, 0.25) is 11.8 Å². The molecule has 150 valence electrons. The number of hydrogen-bond acceptors (Lipinski definition) is 3. The summed E-state index contributed by atoms with van der Waals surface area (Å²) in [5, 5.41) is 3.51. The number of halogens is 1. The quantitative estimate of drug-likeness (QED) is 0.584. The second-order valence-corrected chi connectivity index (χ2v) is 7.05.